The van der Waals surface area contributed by atoms with Crippen LogP contribution < -0.4 is 11.1 Å². The van der Waals surface area contributed by atoms with Gasteiger partial charge in [-0.15, -0.1) is 6.58 Å². The summed E-state index contributed by atoms with van der Waals surface area (Å²) in [5, 5.41) is 2.76. The minimum absolute atomic E-state index is 0.0480. The Hall–Kier alpha value is -0.870. The normalized spacial score (nSPS) is 20.5. The highest BCUT2D eigenvalue weighted by Gasteiger charge is 2.30. The molecule has 1 aliphatic rings. The quantitative estimate of drug-likeness (QED) is 0.568. The van der Waals surface area contributed by atoms with E-state index in [-0.39, 0.29) is 18.0 Å². The number of nitrogens with one attached hydrogen (secondary N) is 1. The lowest BCUT2D eigenvalue weighted by Crippen LogP contribution is -2.61. The first-order valence-electron chi connectivity index (χ1n) is 4.53. The van der Waals surface area contributed by atoms with Gasteiger partial charge in [-0.05, 0) is 6.92 Å². The van der Waals surface area contributed by atoms with Crippen LogP contribution in [0.4, 0.5) is 0 Å². The standard InChI is InChI=1S/C9H17N3O/c1-3-4-11-9(13)7(2)12-5-8(10)6-12/h3,7-8H,1,4-6,10H2,2H3,(H,11,13). The average Bonchev–Trinajstić information content (AvgIpc) is 2.07. The molecule has 0 aromatic heterocycles. The molecule has 1 fully saturated rings. The molecule has 1 unspecified atom stereocenters. The maximum Gasteiger partial charge on any atom is 0.237 e. The third kappa shape index (κ3) is 2.54. The van der Waals surface area contributed by atoms with E-state index in [1.165, 1.54) is 0 Å². The lowest BCUT2D eigenvalue weighted by Gasteiger charge is -2.40. The Morgan fingerprint density at radius 3 is 2.92 bits per heavy atom. The Balaban J connectivity index is 2.26. The van der Waals surface area contributed by atoms with E-state index in [0.29, 0.717) is 6.54 Å². The monoisotopic (exact) mass is 183 g/mol. The van der Waals surface area contributed by atoms with Crippen molar-refractivity contribution in [2.24, 2.45) is 5.73 Å². The topological polar surface area (TPSA) is 58.4 Å². The molecule has 0 aromatic rings. The predicted molar refractivity (Wildman–Crippen MR) is 52.2 cm³/mol. The molecule has 1 aliphatic heterocycles. The highest BCUT2D eigenvalue weighted by Crippen LogP contribution is 2.09. The van der Waals surface area contributed by atoms with Crippen LogP contribution in [0.2, 0.25) is 0 Å². The summed E-state index contributed by atoms with van der Waals surface area (Å²) in [5.74, 6) is 0.0480. The number of nitrogens with zero attached hydrogens (tertiary/aromatic N) is 1. The molecule has 0 bridgehead atoms. The van der Waals surface area contributed by atoms with Gasteiger partial charge in [0.2, 0.25) is 5.91 Å². The van der Waals surface area contributed by atoms with Crippen molar-refractivity contribution in [2.45, 2.75) is 19.0 Å². The maximum atomic E-state index is 11.4. The summed E-state index contributed by atoms with van der Waals surface area (Å²) >= 11 is 0. The zero-order chi connectivity index (χ0) is 9.84. The van der Waals surface area contributed by atoms with Crippen molar-refractivity contribution in [3.63, 3.8) is 0 Å². The fourth-order valence-electron chi connectivity index (χ4n) is 1.35. The van der Waals surface area contributed by atoms with Crippen molar-refractivity contribution in [2.75, 3.05) is 19.6 Å². The molecule has 13 heavy (non-hydrogen) atoms. The summed E-state index contributed by atoms with van der Waals surface area (Å²) in [7, 11) is 0. The summed E-state index contributed by atoms with van der Waals surface area (Å²) < 4.78 is 0. The highest BCUT2D eigenvalue weighted by atomic mass is 16.2. The Bertz CT molecular complexity index is 199. The lowest BCUT2D eigenvalue weighted by atomic mass is 10.1. The minimum atomic E-state index is -0.0697. The molecule has 4 heteroatoms. The number of rotatable bonds is 4. The summed E-state index contributed by atoms with van der Waals surface area (Å²) in [6.45, 7) is 7.60. The molecule has 1 heterocycles. The molecule has 0 radical (unpaired) electrons. The van der Waals surface area contributed by atoms with Crippen LogP contribution in [-0.4, -0.2) is 42.5 Å². The summed E-state index contributed by atoms with van der Waals surface area (Å²) in [4.78, 5) is 13.5. The fraction of sp³-hybridized carbons (Fsp3) is 0.667. The van der Waals surface area contributed by atoms with E-state index in [2.05, 4.69) is 16.8 Å². The van der Waals surface area contributed by atoms with Crippen LogP contribution in [0, 0.1) is 0 Å². The van der Waals surface area contributed by atoms with Crippen molar-refractivity contribution in [3.8, 4) is 0 Å². The Labute approximate surface area is 78.8 Å². The molecule has 0 spiro atoms. The number of nitrogens with two attached hydrogens (primary N) is 1. The van der Waals surface area contributed by atoms with Crippen LogP contribution in [-0.2, 0) is 4.79 Å². The lowest BCUT2D eigenvalue weighted by molar-refractivity contribution is -0.127. The second-order valence-corrected chi connectivity index (χ2v) is 3.42. The maximum absolute atomic E-state index is 11.4. The number of likely N-dealkylation sites (tertiary alicyclic amines) is 1. The van der Waals surface area contributed by atoms with E-state index >= 15 is 0 Å². The molecule has 1 atom stereocenters. The smallest absolute Gasteiger partial charge is 0.237 e. The number of carbonyl (C=O) groups excluding carboxylic acids is 1. The predicted octanol–water partition coefficient (Wildman–Crippen LogP) is -0.680. The highest BCUT2D eigenvalue weighted by molar-refractivity contribution is 5.81. The average molecular weight is 183 g/mol. The van der Waals surface area contributed by atoms with Gasteiger partial charge in [0.05, 0.1) is 6.04 Å². The molecular formula is C9H17N3O. The van der Waals surface area contributed by atoms with Crippen LogP contribution in [0.15, 0.2) is 12.7 Å². The van der Waals surface area contributed by atoms with Crippen molar-refractivity contribution in [3.05, 3.63) is 12.7 Å². The van der Waals surface area contributed by atoms with Gasteiger partial charge >= 0.3 is 0 Å². The number of amides is 1. The SMILES string of the molecule is C=CCNC(=O)C(C)N1CC(N)C1. The molecule has 0 aliphatic carbocycles. The second-order valence-electron chi connectivity index (χ2n) is 3.42. The Morgan fingerprint density at radius 2 is 2.46 bits per heavy atom. The number of hydrogen-bond acceptors (Lipinski definition) is 3. The third-order valence-corrected chi connectivity index (χ3v) is 2.29. The second kappa shape index (κ2) is 4.39. The minimum Gasteiger partial charge on any atom is -0.351 e. The van der Waals surface area contributed by atoms with E-state index in [0.717, 1.165) is 13.1 Å². The van der Waals surface area contributed by atoms with Gasteiger partial charge in [-0.2, -0.15) is 0 Å². The molecule has 74 valence electrons. The molecular weight excluding hydrogens is 166 g/mol. The van der Waals surface area contributed by atoms with Crippen LogP contribution in [0.1, 0.15) is 6.92 Å². The van der Waals surface area contributed by atoms with E-state index in [1.807, 2.05) is 6.92 Å². The zero-order valence-electron chi connectivity index (χ0n) is 7.99. The van der Waals surface area contributed by atoms with Crippen molar-refractivity contribution < 1.29 is 4.79 Å². The van der Waals surface area contributed by atoms with Gasteiger partial charge in [-0.1, -0.05) is 6.08 Å². The first-order valence-corrected chi connectivity index (χ1v) is 4.53. The van der Waals surface area contributed by atoms with Gasteiger partial charge in [-0.25, -0.2) is 0 Å². The summed E-state index contributed by atoms with van der Waals surface area (Å²) in [5.41, 5.74) is 5.62. The first-order chi connectivity index (χ1) is 6.15. The third-order valence-electron chi connectivity index (χ3n) is 2.29. The van der Waals surface area contributed by atoms with Gasteiger partial charge < -0.3 is 11.1 Å². The van der Waals surface area contributed by atoms with Gasteiger partial charge in [0.25, 0.3) is 0 Å². The first kappa shape index (κ1) is 10.2. The molecule has 0 aromatic carbocycles. The molecule has 3 N–H and O–H groups in total. The summed E-state index contributed by atoms with van der Waals surface area (Å²) in [6, 6.07) is 0.175. The zero-order valence-corrected chi connectivity index (χ0v) is 7.99. The van der Waals surface area contributed by atoms with Crippen LogP contribution in [0.3, 0.4) is 0 Å². The van der Waals surface area contributed by atoms with Crippen molar-refractivity contribution >= 4 is 5.91 Å². The van der Waals surface area contributed by atoms with Crippen LogP contribution >= 0.6 is 0 Å². The van der Waals surface area contributed by atoms with Crippen LogP contribution in [0.25, 0.3) is 0 Å². The van der Waals surface area contributed by atoms with E-state index in [9.17, 15) is 4.79 Å². The molecule has 4 nitrogen and oxygen atoms in total. The molecule has 1 rings (SSSR count). The van der Waals surface area contributed by atoms with Gasteiger partial charge in [0.15, 0.2) is 0 Å². The van der Waals surface area contributed by atoms with E-state index in [4.69, 9.17) is 5.73 Å². The number of carbonyl (C=O) groups is 1. The van der Waals surface area contributed by atoms with E-state index < -0.39 is 0 Å². The van der Waals surface area contributed by atoms with Crippen molar-refractivity contribution in [1.29, 1.82) is 0 Å². The number of hydrogen-bond donors (Lipinski definition) is 2. The van der Waals surface area contributed by atoms with Gasteiger partial charge in [-0.3, -0.25) is 9.69 Å². The van der Waals surface area contributed by atoms with Crippen LogP contribution in [0.5, 0.6) is 0 Å². The fourth-order valence-corrected chi connectivity index (χ4v) is 1.35. The molecule has 0 saturated carbocycles. The van der Waals surface area contributed by atoms with E-state index in [1.54, 1.807) is 6.08 Å². The molecule has 1 amide bonds. The summed E-state index contributed by atoms with van der Waals surface area (Å²) in [6.07, 6.45) is 1.67. The molecule has 1 saturated heterocycles. The Morgan fingerprint density at radius 1 is 1.85 bits per heavy atom. The van der Waals surface area contributed by atoms with Gasteiger partial charge in [0, 0.05) is 25.7 Å². The van der Waals surface area contributed by atoms with Crippen molar-refractivity contribution in [1.82, 2.24) is 10.2 Å². The largest absolute Gasteiger partial charge is 0.351 e. The van der Waals surface area contributed by atoms with Gasteiger partial charge in [0.1, 0.15) is 0 Å². The Kier molecular flexibility index (Phi) is 3.45.